The molecule has 2 amide bonds. The van der Waals surface area contributed by atoms with Crippen molar-refractivity contribution in [2.45, 2.75) is 57.9 Å². The molecule has 3 atom stereocenters. The number of para-hydroxylation sites is 1. The highest BCUT2D eigenvalue weighted by Gasteiger charge is 2.51. The van der Waals surface area contributed by atoms with Crippen molar-refractivity contribution in [1.29, 1.82) is 0 Å². The molecule has 26 heavy (non-hydrogen) atoms. The maximum absolute atomic E-state index is 13.0. The summed E-state index contributed by atoms with van der Waals surface area (Å²) in [6.45, 7) is 2.79. The molecule has 4 rings (SSSR count). The molecule has 0 saturated heterocycles. The van der Waals surface area contributed by atoms with Gasteiger partial charge in [-0.1, -0.05) is 29.8 Å². The first kappa shape index (κ1) is 17.3. The number of nitrogens with zero attached hydrogens (tertiary/aromatic N) is 1. The maximum atomic E-state index is 13.0. The van der Waals surface area contributed by atoms with Gasteiger partial charge in [-0.25, -0.2) is 0 Å². The van der Waals surface area contributed by atoms with Crippen LogP contribution < -0.4 is 10.2 Å². The lowest BCUT2D eigenvalue weighted by Crippen LogP contribution is -2.38. The smallest absolute Gasteiger partial charge is 0.231 e. The van der Waals surface area contributed by atoms with Gasteiger partial charge in [0.15, 0.2) is 0 Å². The predicted molar refractivity (Wildman–Crippen MR) is 103 cm³/mol. The van der Waals surface area contributed by atoms with Gasteiger partial charge in [-0.15, -0.1) is 0 Å². The lowest BCUT2D eigenvalue weighted by Gasteiger charge is -2.23. The number of carbonyl (C=O) groups excluding carboxylic acids is 2. The largest absolute Gasteiger partial charge is 0.356 e. The summed E-state index contributed by atoms with van der Waals surface area (Å²) in [5.41, 5.74) is 3.73. The summed E-state index contributed by atoms with van der Waals surface area (Å²) in [5, 5.41) is 3.05. The molecule has 1 saturated carbocycles. The number of anilines is 1. The average molecular weight is 352 g/mol. The molecule has 4 heteroatoms. The topological polar surface area (TPSA) is 49.4 Å². The highest BCUT2D eigenvalue weighted by molar-refractivity contribution is 6.02. The number of amides is 2. The van der Waals surface area contributed by atoms with Gasteiger partial charge in [0.05, 0.1) is 11.8 Å². The summed E-state index contributed by atoms with van der Waals surface area (Å²) in [7, 11) is 0. The van der Waals surface area contributed by atoms with Crippen LogP contribution in [-0.4, -0.2) is 24.4 Å². The Hall–Kier alpha value is -2.10. The van der Waals surface area contributed by atoms with Crippen LogP contribution in [0.4, 0.5) is 5.69 Å². The minimum Gasteiger partial charge on any atom is -0.356 e. The van der Waals surface area contributed by atoms with E-state index in [4.69, 9.17) is 0 Å². The molecule has 1 aliphatic heterocycles. The molecule has 1 aromatic carbocycles. The van der Waals surface area contributed by atoms with E-state index >= 15 is 0 Å². The van der Waals surface area contributed by atoms with Gasteiger partial charge in [0.2, 0.25) is 11.8 Å². The van der Waals surface area contributed by atoms with Crippen LogP contribution in [0.15, 0.2) is 35.9 Å². The summed E-state index contributed by atoms with van der Waals surface area (Å²) in [6.07, 6.45) is 9.79. The quantitative estimate of drug-likeness (QED) is 0.823. The van der Waals surface area contributed by atoms with Gasteiger partial charge < -0.3 is 10.2 Å². The van der Waals surface area contributed by atoms with Crippen molar-refractivity contribution in [3.8, 4) is 0 Å². The van der Waals surface area contributed by atoms with E-state index in [9.17, 15) is 9.59 Å². The second kappa shape index (κ2) is 7.26. The molecule has 1 aromatic rings. The molecule has 2 aliphatic carbocycles. The normalized spacial score (nSPS) is 26.9. The van der Waals surface area contributed by atoms with Gasteiger partial charge >= 0.3 is 0 Å². The molecule has 0 bridgehead atoms. The summed E-state index contributed by atoms with van der Waals surface area (Å²) >= 11 is 0. The third-order valence-electron chi connectivity index (χ3n) is 6.02. The Morgan fingerprint density at radius 2 is 2.04 bits per heavy atom. The van der Waals surface area contributed by atoms with Crippen molar-refractivity contribution in [1.82, 2.24) is 5.32 Å². The number of allylic oxidation sites excluding steroid dienone is 1. The lowest BCUT2D eigenvalue weighted by atomic mass is 9.97. The number of hydrogen-bond donors (Lipinski definition) is 1. The fourth-order valence-corrected chi connectivity index (χ4v) is 4.45. The molecule has 1 heterocycles. The summed E-state index contributed by atoms with van der Waals surface area (Å²) in [5.74, 6) is -0.0993. The Labute approximate surface area is 155 Å². The van der Waals surface area contributed by atoms with E-state index in [0.717, 1.165) is 18.5 Å². The fraction of sp³-hybridized carbons (Fsp3) is 0.545. The molecule has 1 fully saturated rings. The molecular formula is C22H28N2O2. The molecule has 0 aromatic heterocycles. The third-order valence-corrected chi connectivity index (χ3v) is 6.02. The van der Waals surface area contributed by atoms with Gasteiger partial charge in [-0.2, -0.15) is 0 Å². The maximum Gasteiger partial charge on any atom is 0.231 e. The van der Waals surface area contributed by atoms with E-state index in [1.807, 2.05) is 23.1 Å². The highest BCUT2D eigenvalue weighted by Crippen LogP contribution is 2.43. The van der Waals surface area contributed by atoms with E-state index in [2.05, 4.69) is 24.4 Å². The lowest BCUT2D eigenvalue weighted by molar-refractivity contribution is -0.126. The van der Waals surface area contributed by atoms with E-state index in [0.29, 0.717) is 13.0 Å². The zero-order chi connectivity index (χ0) is 18.1. The molecule has 0 spiro atoms. The number of fused-ring (bicyclic) bond motifs is 1. The minimum atomic E-state index is -0.141. The number of nitrogens with one attached hydrogen (secondary N) is 1. The minimum absolute atomic E-state index is 0.0555. The Morgan fingerprint density at radius 3 is 2.85 bits per heavy atom. The van der Waals surface area contributed by atoms with Crippen LogP contribution >= 0.6 is 0 Å². The zero-order valence-electron chi connectivity index (χ0n) is 15.5. The fourth-order valence-electron chi connectivity index (χ4n) is 4.45. The second-order valence-corrected chi connectivity index (χ2v) is 7.99. The predicted octanol–water partition coefficient (Wildman–Crippen LogP) is 3.61. The second-order valence-electron chi connectivity index (χ2n) is 7.99. The number of benzene rings is 1. The summed E-state index contributed by atoms with van der Waals surface area (Å²) in [4.78, 5) is 27.3. The standard InChI is InChI=1S/C22H28N2O2/c1-15-13-17-9-5-6-10-20(17)24(15)22(26)19-14-18(19)21(25)23-12-11-16-7-3-2-4-8-16/h5-7,9-10,15,18-19H,2-4,8,11-14H2,1H3,(H,23,25). The molecule has 138 valence electrons. The molecule has 3 unspecified atom stereocenters. The van der Waals surface area contributed by atoms with Crippen molar-refractivity contribution < 1.29 is 9.59 Å². The van der Waals surface area contributed by atoms with Gasteiger partial charge in [0, 0.05) is 18.3 Å². The van der Waals surface area contributed by atoms with Crippen LogP contribution in [-0.2, 0) is 16.0 Å². The molecule has 3 aliphatic rings. The molecule has 4 nitrogen and oxygen atoms in total. The zero-order valence-corrected chi connectivity index (χ0v) is 15.5. The van der Waals surface area contributed by atoms with Crippen LogP contribution in [0.3, 0.4) is 0 Å². The SMILES string of the molecule is CC1Cc2ccccc2N1C(=O)C1CC1C(=O)NCCC1=CCCCC1. The molecule has 1 N–H and O–H groups in total. The van der Waals surface area contributed by atoms with Crippen molar-refractivity contribution in [3.05, 3.63) is 41.5 Å². The van der Waals surface area contributed by atoms with Gasteiger partial charge in [0.1, 0.15) is 0 Å². The van der Waals surface area contributed by atoms with Gasteiger partial charge in [0.25, 0.3) is 0 Å². The van der Waals surface area contributed by atoms with Crippen LogP contribution in [0, 0.1) is 11.8 Å². The van der Waals surface area contributed by atoms with Crippen molar-refractivity contribution in [2.75, 3.05) is 11.4 Å². The van der Waals surface area contributed by atoms with Crippen molar-refractivity contribution in [2.24, 2.45) is 11.8 Å². The van der Waals surface area contributed by atoms with Crippen molar-refractivity contribution in [3.63, 3.8) is 0 Å². The highest BCUT2D eigenvalue weighted by atomic mass is 16.2. The first-order valence-corrected chi connectivity index (χ1v) is 10.0. The Kier molecular flexibility index (Phi) is 4.84. The average Bonchev–Trinajstić information content (AvgIpc) is 3.38. The third kappa shape index (κ3) is 3.42. The Bertz CT molecular complexity index is 739. The molecular weight excluding hydrogens is 324 g/mol. The van der Waals surface area contributed by atoms with Crippen molar-refractivity contribution >= 4 is 17.5 Å². The number of carbonyl (C=O) groups is 2. The van der Waals surface area contributed by atoms with Crippen LogP contribution in [0.25, 0.3) is 0 Å². The summed E-state index contributed by atoms with van der Waals surface area (Å²) < 4.78 is 0. The van der Waals surface area contributed by atoms with Crippen LogP contribution in [0.1, 0.15) is 51.0 Å². The Morgan fingerprint density at radius 1 is 1.19 bits per heavy atom. The van der Waals surface area contributed by atoms with Gasteiger partial charge in [-0.3, -0.25) is 9.59 Å². The van der Waals surface area contributed by atoms with E-state index in [1.165, 1.54) is 36.8 Å². The van der Waals surface area contributed by atoms with E-state index in [-0.39, 0.29) is 29.7 Å². The van der Waals surface area contributed by atoms with E-state index in [1.54, 1.807) is 0 Å². The van der Waals surface area contributed by atoms with Crippen LogP contribution in [0.5, 0.6) is 0 Å². The first-order valence-electron chi connectivity index (χ1n) is 10.0. The number of rotatable bonds is 5. The first-order chi connectivity index (χ1) is 12.6. The van der Waals surface area contributed by atoms with E-state index < -0.39 is 0 Å². The molecule has 0 radical (unpaired) electrons. The Balaban J connectivity index is 1.30. The van der Waals surface area contributed by atoms with Crippen LogP contribution in [0.2, 0.25) is 0 Å². The summed E-state index contributed by atoms with van der Waals surface area (Å²) in [6, 6.07) is 8.30. The van der Waals surface area contributed by atoms with Gasteiger partial charge in [-0.05, 0) is 63.5 Å². The monoisotopic (exact) mass is 352 g/mol. The number of hydrogen-bond acceptors (Lipinski definition) is 2.